The third-order valence-electron chi connectivity index (χ3n) is 11.2. The van der Waals surface area contributed by atoms with Crippen molar-refractivity contribution >= 4 is 17.7 Å². The number of hydrogen-bond acceptors (Lipinski definition) is 10. The maximum absolute atomic E-state index is 14.1. The van der Waals surface area contributed by atoms with Gasteiger partial charge in [-0.1, -0.05) is 39.0 Å². The van der Waals surface area contributed by atoms with E-state index in [-0.39, 0.29) is 113 Å². The monoisotopic (exact) mass is 1060 g/mol. The third kappa shape index (κ3) is 6.04. The fourth-order valence-corrected chi connectivity index (χ4v) is 8.48. The molecule has 13 heteroatoms. The standard InChI is InChI=1S/C32H43NO10.2Ac/c1-15-19(43-28(39)23(35)17(3)33-27(38)18-10-8-7-9-11-18)13-32(41)16(2)25-30(6,20(34)12-21-31(25,40)14-42-21)26(37)24(36)22(15)29(32,4)5;;/h7-11,16-17,19-21,23-25,34-36,40-41H,12-14H2,1-6H3,(H,33,38);;. The molecule has 1 aromatic carbocycles. The molecule has 2 radical (unpaired) electrons. The first kappa shape index (κ1) is 39.6. The molecule has 5 rings (SSSR count). The zero-order valence-electron chi connectivity index (χ0n) is 26.6. The van der Waals surface area contributed by atoms with Gasteiger partial charge in [0.15, 0.2) is 11.9 Å². The average molecular weight is 1060 g/mol. The number of Topliss-reactive ketones (excluding diaryl/α,β-unsaturated/α-hetero) is 1. The first-order valence-corrected chi connectivity index (χ1v) is 14.8. The number of amides is 1. The van der Waals surface area contributed by atoms with Crippen molar-refractivity contribution in [2.75, 3.05) is 6.61 Å². The maximum Gasteiger partial charge on any atom is 0.337 e. The minimum absolute atomic E-state index is 0. The number of benzene rings is 1. The third-order valence-corrected chi connectivity index (χ3v) is 11.2. The topological polar surface area (TPSA) is 183 Å². The summed E-state index contributed by atoms with van der Waals surface area (Å²) in [4.78, 5) is 39.9. The fourth-order valence-electron chi connectivity index (χ4n) is 8.48. The number of nitrogens with one attached hydrogen (secondary N) is 1. The van der Waals surface area contributed by atoms with Crippen LogP contribution in [0.15, 0.2) is 41.5 Å². The van der Waals surface area contributed by atoms with Gasteiger partial charge in [0.1, 0.15) is 17.8 Å². The molecule has 2 bridgehead atoms. The first-order chi connectivity index (χ1) is 19.9. The summed E-state index contributed by atoms with van der Waals surface area (Å²) >= 11 is 0. The number of ether oxygens (including phenoxy) is 2. The number of esters is 1. The molecule has 3 aliphatic carbocycles. The number of ketones is 1. The number of fused-ring (bicyclic) bond motifs is 5. The molecule has 1 aliphatic heterocycles. The van der Waals surface area contributed by atoms with Crippen LogP contribution in [0.1, 0.15) is 64.7 Å². The number of carbonyl (C=O) groups is 3. The Morgan fingerprint density at radius 2 is 1.69 bits per heavy atom. The predicted molar refractivity (Wildman–Crippen MR) is 152 cm³/mol. The van der Waals surface area contributed by atoms with Gasteiger partial charge in [-0.15, -0.1) is 0 Å². The van der Waals surface area contributed by atoms with Crippen LogP contribution >= 0.6 is 0 Å². The van der Waals surface area contributed by atoms with E-state index >= 15 is 0 Å². The Morgan fingerprint density at radius 1 is 1.09 bits per heavy atom. The minimum atomic E-state index is -1.77. The quantitative estimate of drug-likeness (QED) is 0.181. The van der Waals surface area contributed by atoms with E-state index in [1.165, 1.54) is 13.8 Å². The van der Waals surface area contributed by atoms with Crippen LogP contribution < -0.4 is 5.32 Å². The molecular formula is C32H43Ac2NO10. The Morgan fingerprint density at radius 3 is 2.24 bits per heavy atom. The van der Waals surface area contributed by atoms with Gasteiger partial charge in [-0.3, -0.25) is 9.59 Å². The van der Waals surface area contributed by atoms with Gasteiger partial charge in [-0.05, 0) is 50.0 Å². The average Bonchev–Trinajstić information content (AvgIpc) is 2.95. The second-order valence-electron chi connectivity index (χ2n) is 13.7. The van der Waals surface area contributed by atoms with E-state index in [0.29, 0.717) is 11.1 Å². The number of aliphatic hydroxyl groups excluding tert-OH is 3. The van der Waals surface area contributed by atoms with Gasteiger partial charge in [0.25, 0.3) is 5.91 Å². The van der Waals surface area contributed by atoms with Gasteiger partial charge < -0.3 is 40.3 Å². The van der Waals surface area contributed by atoms with E-state index in [4.69, 9.17) is 9.47 Å². The summed E-state index contributed by atoms with van der Waals surface area (Å²) in [6.45, 7) is 9.61. The fraction of sp³-hybridized carbons (Fsp3) is 0.656. The summed E-state index contributed by atoms with van der Waals surface area (Å²) in [5.74, 6) is -4.07. The summed E-state index contributed by atoms with van der Waals surface area (Å²) in [6.07, 6.45) is -6.80. The van der Waals surface area contributed by atoms with Crippen LogP contribution in [0.25, 0.3) is 0 Å². The Balaban J connectivity index is 0.00000276. The molecule has 1 amide bonds. The Kier molecular flexibility index (Phi) is 12.2. The second kappa shape index (κ2) is 13.8. The van der Waals surface area contributed by atoms with E-state index in [1.54, 1.807) is 58.0 Å². The molecule has 2 saturated carbocycles. The van der Waals surface area contributed by atoms with Crippen LogP contribution in [0.5, 0.6) is 0 Å². The molecule has 11 unspecified atom stereocenters. The van der Waals surface area contributed by atoms with Gasteiger partial charge in [0.2, 0.25) is 0 Å². The van der Waals surface area contributed by atoms with Crippen LogP contribution in [0.3, 0.4) is 0 Å². The van der Waals surface area contributed by atoms with E-state index in [9.17, 15) is 39.9 Å². The molecular weight excluding hydrogens is 1010 g/mol. The molecule has 11 nitrogen and oxygen atoms in total. The van der Waals surface area contributed by atoms with E-state index in [2.05, 4.69) is 5.32 Å². The molecule has 1 saturated heterocycles. The molecule has 0 spiro atoms. The SMILES string of the molecule is CC1=C2C(O)C(=O)C3(C)C(O)CC4OCC4(O)C3C(C)C(O)(CC1OC(=O)C(O)C(C)NC(=O)c1ccccc1)C2(C)C.[Ac].[Ac]. The molecule has 3 fully saturated rings. The van der Waals surface area contributed by atoms with Crippen molar-refractivity contribution < 1.29 is 138 Å². The van der Waals surface area contributed by atoms with Crippen molar-refractivity contribution in [3.8, 4) is 0 Å². The summed E-state index contributed by atoms with van der Waals surface area (Å²) in [5.41, 5.74) is -5.23. The summed E-state index contributed by atoms with van der Waals surface area (Å²) < 4.78 is 11.3. The second-order valence-corrected chi connectivity index (χ2v) is 13.7. The normalized spacial score (nSPS) is 39.6. The van der Waals surface area contributed by atoms with Crippen LogP contribution in [-0.2, 0) is 19.1 Å². The van der Waals surface area contributed by atoms with Crippen molar-refractivity contribution in [1.82, 2.24) is 5.32 Å². The molecule has 6 N–H and O–H groups in total. The Labute approximate surface area is 335 Å². The Hall–Kier alpha value is 0.213. The first-order valence-electron chi connectivity index (χ1n) is 14.8. The van der Waals surface area contributed by atoms with E-state index in [0.717, 1.165) is 0 Å². The van der Waals surface area contributed by atoms with Gasteiger partial charge >= 0.3 is 5.97 Å². The van der Waals surface area contributed by atoms with Gasteiger partial charge in [0.05, 0.1) is 35.9 Å². The largest absolute Gasteiger partial charge is 0.456 e. The van der Waals surface area contributed by atoms with Gasteiger partial charge in [-0.2, -0.15) is 0 Å². The van der Waals surface area contributed by atoms with Crippen molar-refractivity contribution in [3.63, 3.8) is 0 Å². The van der Waals surface area contributed by atoms with Crippen LogP contribution in [-0.4, -0.2) is 97.6 Å². The summed E-state index contributed by atoms with van der Waals surface area (Å²) in [7, 11) is 0. The van der Waals surface area contributed by atoms with Crippen molar-refractivity contribution in [2.24, 2.45) is 22.7 Å². The Bertz CT molecular complexity index is 1360. The molecule has 11 atom stereocenters. The molecule has 45 heavy (non-hydrogen) atoms. The number of rotatable bonds is 5. The van der Waals surface area contributed by atoms with Crippen LogP contribution in [0, 0.1) is 111 Å². The summed E-state index contributed by atoms with van der Waals surface area (Å²) in [6, 6.07) is 7.28. The molecule has 1 heterocycles. The van der Waals surface area contributed by atoms with Crippen LogP contribution in [0.2, 0.25) is 0 Å². The van der Waals surface area contributed by atoms with Crippen molar-refractivity contribution in [2.45, 2.75) is 102 Å². The van der Waals surface area contributed by atoms with Crippen LogP contribution in [0.4, 0.5) is 0 Å². The smallest absolute Gasteiger partial charge is 0.337 e. The maximum atomic E-state index is 14.1. The zero-order valence-corrected chi connectivity index (χ0v) is 36.0. The molecule has 0 aromatic heterocycles. The van der Waals surface area contributed by atoms with Gasteiger partial charge in [-0.25, -0.2) is 4.79 Å². The van der Waals surface area contributed by atoms with Crippen molar-refractivity contribution in [1.29, 1.82) is 0 Å². The summed E-state index contributed by atoms with van der Waals surface area (Å²) in [5, 5.41) is 60.6. The predicted octanol–water partition coefficient (Wildman–Crippen LogP) is 0.652. The number of hydrogen-bond donors (Lipinski definition) is 6. The zero-order chi connectivity index (χ0) is 31.9. The van der Waals surface area contributed by atoms with Gasteiger partial charge in [0, 0.05) is 118 Å². The molecule has 1 aromatic rings. The molecule has 242 valence electrons. The van der Waals surface area contributed by atoms with Crippen molar-refractivity contribution in [3.05, 3.63) is 47.0 Å². The number of carbonyl (C=O) groups excluding carboxylic acids is 3. The minimum Gasteiger partial charge on any atom is -0.456 e. The van der Waals surface area contributed by atoms with E-state index in [1.807, 2.05) is 0 Å². The van der Waals surface area contributed by atoms with E-state index < -0.39 is 88.1 Å². The molecule has 4 aliphatic rings. The number of aliphatic hydroxyl groups is 5.